The molecule has 21 heavy (non-hydrogen) atoms. The van der Waals surface area contributed by atoms with Gasteiger partial charge in [0.2, 0.25) is 0 Å². The Hall–Kier alpha value is -1.13. The van der Waals surface area contributed by atoms with Gasteiger partial charge in [-0.15, -0.1) is 0 Å². The van der Waals surface area contributed by atoms with E-state index in [4.69, 9.17) is 0 Å². The van der Waals surface area contributed by atoms with Gasteiger partial charge < -0.3 is 15.1 Å². The lowest BCUT2D eigenvalue weighted by atomic mass is 9.65. The van der Waals surface area contributed by atoms with Crippen LogP contribution in [0.3, 0.4) is 0 Å². The Labute approximate surface area is 125 Å². The molecule has 1 aromatic rings. The van der Waals surface area contributed by atoms with Crippen molar-refractivity contribution in [2.24, 2.45) is 17.8 Å². The Morgan fingerprint density at radius 1 is 1.33 bits per heavy atom. The van der Waals surface area contributed by atoms with Crippen LogP contribution in [0.25, 0.3) is 0 Å². The molecular weight excluding hydrogens is 269 g/mol. The van der Waals surface area contributed by atoms with E-state index in [1.165, 1.54) is 18.2 Å². The Balaban J connectivity index is 2.04. The molecule has 0 aromatic heterocycles. The highest BCUT2D eigenvalue weighted by molar-refractivity contribution is 5.34. The van der Waals surface area contributed by atoms with Gasteiger partial charge in [0, 0.05) is 18.0 Å². The second kappa shape index (κ2) is 5.25. The maximum atomic E-state index is 14.3. The summed E-state index contributed by atoms with van der Waals surface area (Å²) in [5.41, 5.74) is -0.900. The summed E-state index contributed by atoms with van der Waals surface area (Å²) in [4.78, 5) is 2.06. The molecule has 0 saturated heterocycles. The van der Waals surface area contributed by atoms with Gasteiger partial charge in [-0.3, -0.25) is 0 Å². The summed E-state index contributed by atoms with van der Waals surface area (Å²) in [5, 5.41) is 21.1. The fourth-order valence-corrected chi connectivity index (χ4v) is 4.49. The van der Waals surface area contributed by atoms with Crippen LogP contribution in [-0.4, -0.2) is 35.8 Å². The van der Waals surface area contributed by atoms with Crippen molar-refractivity contribution in [1.29, 1.82) is 0 Å². The molecule has 0 amide bonds. The molecule has 2 fully saturated rings. The molecule has 2 saturated carbocycles. The van der Waals surface area contributed by atoms with E-state index in [0.29, 0.717) is 18.3 Å². The summed E-state index contributed by atoms with van der Waals surface area (Å²) >= 11 is 0. The summed E-state index contributed by atoms with van der Waals surface area (Å²) in [7, 11) is 3.97. The van der Waals surface area contributed by atoms with Crippen LogP contribution in [0.4, 0.5) is 4.39 Å². The quantitative estimate of drug-likeness (QED) is 0.900. The van der Waals surface area contributed by atoms with Crippen LogP contribution in [0.15, 0.2) is 18.2 Å². The molecule has 1 aromatic carbocycles. The minimum Gasteiger partial charge on any atom is -0.508 e. The van der Waals surface area contributed by atoms with Gasteiger partial charge in [0.15, 0.2) is 0 Å². The van der Waals surface area contributed by atoms with E-state index in [0.717, 1.165) is 25.8 Å². The topological polar surface area (TPSA) is 43.7 Å². The molecule has 2 aliphatic rings. The van der Waals surface area contributed by atoms with Gasteiger partial charge in [-0.1, -0.05) is 6.42 Å². The van der Waals surface area contributed by atoms with Gasteiger partial charge in [0.05, 0.1) is 5.60 Å². The van der Waals surface area contributed by atoms with Crippen molar-refractivity contribution in [1.82, 2.24) is 4.90 Å². The second-order valence-corrected chi connectivity index (χ2v) is 7.10. The van der Waals surface area contributed by atoms with Crippen molar-refractivity contribution in [3.63, 3.8) is 0 Å². The number of phenolic OH excluding ortho intramolecular Hbond substituents is 1. The minimum absolute atomic E-state index is 0.0151. The molecule has 0 radical (unpaired) electrons. The Bertz CT molecular complexity index is 534. The number of nitrogens with zero attached hydrogens (tertiary/aromatic N) is 1. The number of hydrogen-bond donors (Lipinski definition) is 2. The molecule has 2 N–H and O–H groups in total. The Morgan fingerprint density at radius 3 is 2.81 bits per heavy atom. The van der Waals surface area contributed by atoms with E-state index < -0.39 is 11.4 Å². The largest absolute Gasteiger partial charge is 0.508 e. The number of aromatic hydroxyl groups is 1. The molecule has 3 nitrogen and oxygen atoms in total. The molecule has 4 atom stereocenters. The van der Waals surface area contributed by atoms with Crippen LogP contribution in [-0.2, 0) is 5.60 Å². The molecule has 2 aliphatic carbocycles. The first kappa shape index (κ1) is 14.8. The van der Waals surface area contributed by atoms with Crippen LogP contribution in [0, 0.1) is 23.6 Å². The van der Waals surface area contributed by atoms with Crippen molar-refractivity contribution in [2.75, 3.05) is 20.6 Å². The third-order valence-corrected chi connectivity index (χ3v) is 5.34. The average molecular weight is 293 g/mol. The van der Waals surface area contributed by atoms with Crippen LogP contribution < -0.4 is 0 Å². The van der Waals surface area contributed by atoms with E-state index in [1.54, 1.807) is 0 Å². The minimum atomic E-state index is -1.17. The third-order valence-electron chi connectivity index (χ3n) is 5.34. The number of aliphatic hydroxyl groups is 1. The van der Waals surface area contributed by atoms with Crippen molar-refractivity contribution < 1.29 is 14.6 Å². The van der Waals surface area contributed by atoms with Gasteiger partial charge >= 0.3 is 0 Å². The monoisotopic (exact) mass is 293 g/mol. The molecule has 0 heterocycles. The fourth-order valence-electron chi connectivity index (χ4n) is 4.49. The normalized spacial score (nSPS) is 35.4. The van der Waals surface area contributed by atoms with Crippen molar-refractivity contribution in [3.8, 4) is 5.75 Å². The molecule has 2 bridgehead atoms. The first-order chi connectivity index (χ1) is 9.90. The average Bonchev–Trinajstić information content (AvgIpc) is 2.81. The van der Waals surface area contributed by atoms with Crippen molar-refractivity contribution >= 4 is 0 Å². The van der Waals surface area contributed by atoms with E-state index in [1.807, 2.05) is 14.1 Å². The number of phenols is 1. The Kier molecular flexibility index (Phi) is 3.70. The maximum absolute atomic E-state index is 14.3. The summed E-state index contributed by atoms with van der Waals surface area (Å²) in [6.45, 7) is 0.739. The lowest BCUT2D eigenvalue weighted by Crippen LogP contribution is -2.47. The van der Waals surface area contributed by atoms with Crippen LogP contribution in [0.1, 0.15) is 31.2 Å². The molecule has 0 spiro atoms. The molecule has 0 unspecified atom stereocenters. The zero-order valence-electron chi connectivity index (χ0n) is 12.7. The van der Waals surface area contributed by atoms with Gasteiger partial charge in [-0.05, 0) is 63.4 Å². The maximum Gasteiger partial charge on any atom is 0.129 e. The SMILES string of the molecule is CN(C)C[C@H]1[C@@H]2CC[C@@H](C2)C[C@]1(O)c1cc(O)ccc1F. The highest BCUT2D eigenvalue weighted by Gasteiger charge is 2.52. The van der Waals surface area contributed by atoms with Crippen LogP contribution in [0.5, 0.6) is 5.75 Å². The van der Waals surface area contributed by atoms with Crippen molar-refractivity contribution in [2.45, 2.75) is 31.3 Å². The predicted octanol–water partition coefficient (Wildman–Crippen LogP) is 2.72. The van der Waals surface area contributed by atoms with Gasteiger partial charge in [-0.2, -0.15) is 0 Å². The summed E-state index contributed by atoms with van der Waals surface area (Å²) in [5.74, 6) is 0.530. The molecule has 116 valence electrons. The summed E-state index contributed by atoms with van der Waals surface area (Å²) in [6, 6.07) is 4.00. The van der Waals surface area contributed by atoms with E-state index in [2.05, 4.69) is 4.90 Å². The fraction of sp³-hybridized carbons (Fsp3) is 0.647. The summed E-state index contributed by atoms with van der Waals surface area (Å²) in [6.07, 6.45) is 3.98. The van der Waals surface area contributed by atoms with E-state index >= 15 is 0 Å². The number of benzene rings is 1. The molecule has 3 rings (SSSR count). The molecular formula is C17H24FNO2. The van der Waals surface area contributed by atoms with E-state index in [-0.39, 0.29) is 17.2 Å². The number of rotatable bonds is 3. The third kappa shape index (κ3) is 2.55. The predicted molar refractivity (Wildman–Crippen MR) is 79.5 cm³/mol. The van der Waals surface area contributed by atoms with E-state index in [9.17, 15) is 14.6 Å². The smallest absolute Gasteiger partial charge is 0.129 e. The van der Waals surface area contributed by atoms with Crippen LogP contribution in [0.2, 0.25) is 0 Å². The molecule has 0 aliphatic heterocycles. The number of halogens is 1. The second-order valence-electron chi connectivity index (χ2n) is 7.10. The lowest BCUT2D eigenvalue weighted by molar-refractivity contribution is -0.0913. The zero-order chi connectivity index (χ0) is 15.2. The first-order valence-electron chi connectivity index (χ1n) is 7.76. The summed E-state index contributed by atoms with van der Waals surface area (Å²) < 4.78 is 14.3. The molecule has 4 heteroatoms. The highest BCUT2D eigenvalue weighted by atomic mass is 19.1. The van der Waals surface area contributed by atoms with Gasteiger partial charge in [0.1, 0.15) is 11.6 Å². The first-order valence-corrected chi connectivity index (χ1v) is 7.76. The highest BCUT2D eigenvalue weighted by Crippen LogP contribution is 2.54. The van der Waals surface area contributed by atoms with Gasteiger partial charge in [0.25, 0.3) is 0 Å². The van der Waals surface area contributed by atoms with Gasteiger partial charge in [-0.25, -0.2) is 4.39 Å². The number of fused-ring (bicyclic) bond motifs is 2. The number of hydrogen-bond acceptors (Lipinski definition) is 3. The standard InChI is InChI=1S/C17H24FNO2/c1-19(2)10-15-12-4-3-11(7-12)9-17(15,21)14-8-13(20)5-6-16(14)18/h5-6,8,11-12,15,20-21H,3-4,7,9-10H2,1-2H3/t11-,12+,15-,17-/m0/s1. The lowest BCUT2D eigenvalue weighted by Gasteiger charge is -2.45. The van der Waals surface area contributed by atoms with Crippen molar-refractivity contribution in [3.05, 3.63) is 29.6 Å². The Morgan fingerprint density at radius 2 is 2.10 bits per heavy atom. The zero-order valence-corrected chi connectivity index (χ0v) is 12.7. The van der Waals surface area contributed by atoms with Crippen LogP contribution >= 0.6 is 0 Å².